The standard InChI is InChI=1S/C11H16O6/c1-2-9(12)17-11(14)6-10(13)16-7-8-4-3-5-15-8/h2,8,11,14H,1,3-7H2. The third-order valence-corrected chi connectivity index (χ3v) is 2.21. The van der Waals surface area contributed by atoms with Crippen LogP contribution in [0.1, 0.15) is 19.3 Å². The van der Waals surface area contributed by atoms with Crippen molar-refractivity contribution in [1.29, 1.82) is 0 Å². The number of esters is 2. The molecular formula is C11H16O6. The summed E-state index contributed by atoms with van der Waals surface area (Å²) in [5.74, 6) is -1.42. The van der Waals surface area contributed by atoms with Crippen molar-refractivity contribution < 1.29 is 28.9 Å². The van der Waals surface area contributed by atoms with Crippen molar-refractivity contribution in [2.24, 2.45) is 0 Å². The Morgan fingerprint density at radius 1 is 1.59 bits per heavy atom. The van der Waals surface area contributed by atoms with Gasteiger partial charge in [0.2, 0.25) is 6.29 Å². The highest BCUT2D eigenvalue weighted by Gasteiger charge is 2.19. The molecule has 0 aromatic rings. The van der Waals surface area contributed by atoms with Crippen molar-refractivity contribution in [3.63, 3.8) is 0 Å². The fourth-order valence-corrected chi connectivity index (χ4v) is 1.39. The van der Waals surface area contributed by atoms with Crippen LogP contribution >= 0.6 is 0 Å². The first-order chi connectivity index (χ1) is 8.11. The van der Waals surface area contributed by atoms with Gasteiger partial charge in [0, 0.05) is 12.7 Å². The van der Waals surface area contributed by atoms with Crippen molar-refractivity contribution in [3.8, 4) is 0 Å². The molecule has 0 bridgehead atoms. The highest BCUT2D eigenvalue weighted by atomic mass is 16.6. The Hall–Kier alpha value is -1.40. The van der Waals surface area contributed by atoms with Gasteiger partial charge in [0.1, 0.15) is 13.0 Å². The fourth-order valence-electron chi connectivity index (χ4n) is 1.39. The predicted octanol–water partition coefficient (Wildman–Crippen LogP) is 0.146. The average Bonchev–Trinajstić information content (AvgIpc) is 2.78. The van der Waals surface area contributed by atoms with Crippen molar-refractivity contribution in [3.05, 3.63) is 12.7 Å². The largest absolute Gasteiger partial charge is 0.463 e. The molecule has 0 aromatic carbocycles. The molecule has 2 atom stereocenters. The average molecular weight is 244 g/mol. The first kappa shape index (κ1) is 13.7. The van der Waals surface area contributed by atoms with Gasteiger partial charge in [0.05, 0.1) is 6.10 Å². The monoisotopic (exact) mass is 244 g/mol. The maximum atomic E-state index is 11.2. The number of carbonyl (C=O) groups is 2. The smallest absolute Gasteiger partial charge is 0.332 e. The van der Waals surface area contributed by atoms with Gasteiger partial charge in [0.15, 0.2) is 0 Å². The van der Waals surface area contributed by atoms with Crippen molar-refractivity contribution in [2.75, 3.05) is 13.2 Å². The number of aliphatic hydroxyl groups excluding tert-OH is 1. The van der Waals surface area contributed by atoms with Gasteiger partial charge >= 0.3 is 11.9 Å². The summed E-state index contributed by atoms with van der Waals surface area (Å²) in [4.78, 5) is 21.9. The lowest BCUT2D eigenvalue weighted by Gasteiger charge is -2.12. The van der Waals surface area contributed by atoms with E-state index < -0.39 is 24.6 Å². The summed E-state index contributed by atoms with van der Waals surface area (Å²) in [6, 6.07) is 0. The van der Waals surface area contributed by atoms with Crippen LogP contribution in [0.4, 0.5) is 0 Å². The first-order valence-corrected chi connectivity index (χ1v) is 5.40. The molecule has 1 N–H and O–H groups in total. The van der Waals surface area contributed by atoms with Crippen molar-refractivity contribution in [2.45, 2.75) is 31.7 Å². The van der Waals surface area contributed by atoms with E-state index in [2.05, 4.69) is 11.3 Å². The molecule has 0 radical (unpaired) electrons. The molecule has 1 aliphatic rings. The van der Waals surface area contributed by atoms with Crippen LogP contribution in [-0.2, 0) is 23.8 Å². The Labute approximate surface area is 99.2 Å². The molecule has 0 saturated carbocycles. The maximum absolute atomic E-state index is 11.2. The second kappa shape index (κ2) is 7.03. The van der Waals surface area contributed by atoms with Crippen LogP contribution < -0.4 is 0 Å². The minimum absolute atomic E-state index is 0.0631. The maximum Gasteiger partial charge on any atom is 0.332 e. The van der Waals surface area contributed by atoms with Crippen LogP contribution in [-0.4, -0.2) is 42.7 Å². The normalized spacial score (nSPS) is 20.6. The molecule has 1 saturated heterocycles. The van der Waals surface area contributed by atoms with Gasteiger partial charge in [-0.15, -0.1) is 0 Å². The minimum Gasteiger partial charge on any atom is -0.463 e. The van der Waals surface area contributed by atoms with Crippen LogP contribution in [0.15, 0.2) is 12.7 Å². The molecule has 17 heavy (non-hydrogen) atoms. The van der Waals surface area contributed by atoms with E-state index in [4.69, 9.17) is 9.47 Å². The quantitative estimate of drug-likeness (QED) is 0.407. The Balaban J connectivity index is 2.14. The second-order valence-corrected chi connectivity index (χ2v) is 3.62. The lowest BCUT2D eigenvalue weighted by atomic mass is 10.2. The van der Waals surface area contributed by atoms with E-state index in [1.165, 1.54) is 0 Å². The zero-order valence-corrected chi connectivity index (χ0v) is 9.46. The molecule has 96 valence electrons. The Morgan fingerprint density at radius 2 is 2.35 bits per heavy atom. The highest BCUT2D eigenvalue weighted by Crippen LogP contribution is 2.12. The fraction of sp³-hybridized carbons (Fsp3) is 0.636. The zero-order chi connectivity index (χ0) is 12.7. The summed E-state index contributed by atoms with van der Waals surface area (Å²) < 4.78 is 14.5. The molecule has 1 fully saturated rings. The second-order valence-electron chi connectivity index (χ2n) is 3.62. The van der Waals surface area contributed by atoms with Gasteiger partial charge in [0.25, 0.3) is 0 Å². The van der Waals surface area contributed by atoms with Crippen LogP contribution in [0.25, 0.3) is 0 Å². The van der Waals surface area contributed by atoms with Crippen LogP contribution in [0.5, 0.6) is 0 Å². The number of hydrogen-bond donors (Lipinski definition) is 1. The number of carbonyl (C=O) groups excluding carboxylic acids is 2. The molecule has 1 aliphatic heterocycles. The van der Waals surface area contributed by atoms with Crippen molar-refractivity contribution >= 4 is 11.9 Å². The summed E-state index contributed by atoms with van der Waals surface area (Å²) in [6.07, 6.45) is 0.764. The number of aliphatic hydroxyl groups is 1. The highest BCUT2D eigenvalue weighted by molar-refractivity contribution is 5.81. The lowest BCUT2D eigenvalue weighted by molar-refractivity contribution is -0.171. The van der Waals surface area contributed by atoms with E-state index in [9.17, 15) is 14.7 Å². The Morgan fingerprint density at radius 3 is 2.94 bits per heavy atom. The van der Waals surface area contributed by atoms with Gasteiger partial charge in [-0.25, -0.2) is 4.79 Å². The summed E-state index contributed by atoms with van der Waals surface area (Å²) >= 11 is 0. The summed E-state index contributed by atoms with van der Waals surface area (Å²) in [5, 5.41) is 9.19. The molecule has 6 nitrogen and oxygen atoms in total. The minimum atomic E-state index is -1.50. The summed E-state index contributed by atoms with van der Waals surface area (Å²) in [7, 11) is 0. The first-order valence-electron chi connectivity index (χ1n) is 5.40. The van der Waals surface area contributed by atoms with E-state index in [1.54, 1.807) is 0 Å². The predicted molar refractivity (Wildman–Crippen MR) is 56.8 cm³/mol. The van der Waals surface area contributed by atoms with Crippen LogP contribution in [0.2, 0.25) is 0 Å². The number of rotatable bonds is 6. The Bertz CT molecular complexity index is 282. The molecule has 0 spiro atoms. The molecule has 0 aromatic heterocycles. The third kappa shape index (κ3) is 5.46. The van der Waals surface area contributed by atoms with Crippen LogP contribution in [0.3, 0.4) is 0 Å². The van der Waals surface area contributed by atoms with Gasteiger partial charge in [-0.1, -0.05) is 6.58 Å². The molecule has 1 rings (SSSR count). The van der Waals surface area contributed by atoms with E-state index in [0.717, 1.165) is 18.9 Å². The molecule has 2 unspecified atom stereocenters. The van der Waals surface area contributed by atoms with Gasteiger partial charge < -0.3 is 19.3 Å². The zero-order valence-electron chi connectivity index (χ0n) is 9.46. The lowest BCUT2D eigenvalue weighted by Crippen LogP contribution is -2.24. The van der Waals surface area contributed by atoms with Gasteiger partial charge in [-0.2, -0.15) is 0 Å². The Kier molecular flexibility index (Phi) is 5.65. The number of ether oxygens (including phenoxy) is 3. The molecule has 0 amide bonds. The third-order valence-electron chi connectivity index (χ3n) is 2.21. The van der Waals surface area contributed by atoms with Crippen molar-refractivity contribution in [1.82, 2.24) is 0 Å². The SMILES string of the molecule is C=CC(=O)OC(O)CC(=O)OCC1CCCO1. The summed E-state index contributed by atoms with van der Waals surface area (Å²) in [6.45, 7) is 4.01. The van der Waals surface area contributed by atoms with E-state index in [-0.39, 0.29) is 12.7 Å². The van der Waals surface area contributed by atoms with E-state index in [0.29, 0.717) is 6.61 Å². The van der Waals surface area contributed by atoms with Gasteiger partial charge in [-0.3, -0.25) is 4.79 Å². The van der Waals surface area contributed by atoms with E-state index >= 15 is 0 Å². The molecule has 0 aliphatic carbocycles. The molecular weight excluding hydrogens is 228 g/mol. The molecule has 6 heteroatoms. The molecule has 1 heterocycles. The van der Waals surface area contributed by atoms with Gasteiger partial charge in [-0.05, 0) is 12.8 Å². The van der Waals surface area contributed by atoms with Crippen LogP contribution in [0, 0.1) is 0 Å². The summed E-state index contributed by atoms with van der Waals surface area (Å²) in [5.41, 5.74) is 0. The topological polar surface area (TPSA) is 82.1 Å². The van der Waals surface area contributed by atoms with E-state index in [1.807, 2.05) is 0 Å². The number of hydrogen-bond acceptors (Lipinski definition) is 6.